The number of nitriles is 1. The van der Waals surface area contributed by atoms with E-state index in [1.54, 1.807) is 38.5 Å². The van der Waals surface area contributed by atoms with Crippen molar-refractivity contribution in [2.24, 2.45) is 0 Å². The molecule has 210 valence electrons. The van der Waals surface area contributed by atoms with Gasteiger partial charge in [-0.3, -0.25) is 0 Å². The number of anilines is 2. The number of carbonyl (C=O) groups is 1. The summed E-state index contributed by atoms with van der Waals surface area (Å²) >= 11 is 0. The molecule has 2 N–H and O–H groups in total. The Hall–Kier alpha value is -5.36. The molecule has 0 atom stereocenters. The van der Waals surface area contributed by atoms with Crippen molar-refractivity contribution in [2.45, 2.75) is 31.1 Å². The van der Waals surface area contributed by atoms with E-state index in [4.69, 9.17) is 14.2 Å². The van der Waals surface area contributed by atoms with Crippen LogP contribution in [0.4, 0.5) is 16.2 Å². The Kier molecular flexibility index (Phi) is 7.19. The van der Waals surface area contributed by atoms with Gasteiger partial charge in [0.05, 0.1) is 42.3 Å². The maximum Gasteiger partial charge on any atom is 0.323 e. The molecule has 0 unspecified atom stereocenters. The number of aromatic nitrogens is 2. The molecule has 1 aromatic heterocycles. The molecular formula is C33H29N5O4. The summed E-state index contributed by atoms with van der Waals surface area (Å²) in [5.41, 5.74) is 2.51. The van der Waals surface area contributed by atoms with Crippen molar-refractivity contribution in [1.82, 2.24) is 9.97 Å². The standard InChI is InChI=1S/C33H29N5O4/c1-40-29-17-25-27(18-30(29)41-2)35-20-36-31(25)42-28-14-13-26(23-7-3-4-8-24(23)28)38-32(39)37-22-11-9-21(10-12-22)33(19-34)15-5-6-16-33/h3-4,7-14,17-18,20H,5-6,15-16H2,1-2H3,(H2,37,38,39). The Bertz CT molecular complexity index is 1830. The molecule has 9 nitrogen and oxygen atoms in total. The topological polar surface area (TPSA) is 118 Å². The molecule has 0 spiro atoms. The SMILES string of the molecule is COc1cc2ncnc(Oc3ccc(NC(=O)Nc4ccc(C5(C#N)CCCC5)cc4)c4ccccc34)c2cc1OC. The van der Waals surface area contributed by atoms with Crippen molar-refractivity contribution in [3.63, 3.8) is 0 Å². The van der Waals surface area contributed by atoms with E-state index in [1.807, 2.05) is 48.5 Å². The molecule has 6 rings (SSSR count). The Labute approximate surface area is 243 Å². The van der Waals surface area contributed by atoms with Crippen molar-refractivity contribution < 1.29 is 19.0 Å². The van der Waals surface area contributed by atoms with Crippen LogP contribution in [0.2, 0.25) is 0 Å². The van der Waals surface area contributed by atoms with E-state index < -0.39 is 5.41 Å². The number of nitrogens with one attached hydrogen (secondary N) is 2. The van der Waals surface area contributed by atoms with Crippen LogP contribution in [0.15, 0.2) is 79.1 Å². The summed E-state index contributed by atoms with van der Waals surface area (Å²) in [5, 5.41) is 17.9. The first-order chi connectivity index (χ1) is 20.5. The minimum absolute atomic E-state index is 0.365. The minimum Gasteiger partial charge on any atom is -0.493 e. The van der Waals surface area contributed by atoms with E-state index in [0.717, 1.165) is 42.0 Å². The van der Waals surface area contributed by atoms with Gasteiger partial charge in [0.1, 0.15) is 12.1 Å². The number of methoxy groups -OCH3 is 2. The summed E-state index contributed by atoms with van der Waals surface area (Å²) in [6.07, 6.45) is 5.31. The fourth-order valence-electron chi connectivity index (χ4n) is 5.62. The molecule has 0 radical (unpaired) electrons. The molecule has 1 fully saturated rings. The number of benzene rings is 4. The number of ether oxygens (including phenoxy) is 3. The molecule has 1 saturated carbocycles. The van der Waals surface area contributed by atoms with E-state index >= 15 is 0 Å². The van der Waals surface area contributed by atoms with Crippen molar-refractivity contribution in [3.05, 3.63) is 84.7 Å². The van der Waals surface area contributed by atoms with Gasteiger partial charge in [-0.05, 0) is 48.7 Å². The van der Waals surface area contributed by atoms with Gasteiger partial charge in [-0.25, -0.2) is 14.8 Å². The van der Waals surface area contributed by atoms with Crippen molar-refractivity contribution in [1.29, 1.82) is 5.26 Å². The van der Waals surface area contributed by atoms with E-state index in [2.05, 4.69) is 26.7 Å². The maximum absolute atomic E-state index is 13.0. The van der Waals surface area contributed by atoms with Gasteiger partial charge in [0.25, 0.3) is 0 Å². The van der Waals surface area contributed by atoms with Gasteiger partial charge in [-0.15, -0.1) is 0 Å². The van der Waals surface area contributed by atoms with Gasteiger partial charge in [0.15, 0.2) is 11.5 Å². The first-order valence-electron chi connectivity index (χ1n) is 13.7. The molecule has 4 aromatic carbocycles. The summed E-state index contributed by atoms with van der Waals surface area (Å²) in [7, 11) is 3.14. The monoisotopic (exact) mass is 559 g/mol. The first kappa shape index (κ1) is 26.8. The lowest BCUT2D eigenvalue weighted by molar-refractivity contribution is 0.262. The fraction of sp³-hybridized carbons (Fsp3) is 0.212. The quantitative estimate of drug-likeness (QED) is 0.211. The van der Waals surface area contributed by atoms with Crippen molar-refractivity contribution >= 4 is 39.1 Å². The third kappa shape index (κ3) is 4.99. The summed E-state index contributed by atoms with van der Waals surface area (Å²) in [6, 6.07) is 24.5. The van der Waals surface area contributed by atoms with Crippen molar-refractivity contribution in [2.75, 3.05) is 24.9 Å². The van der Waals surface area contributed by atoms with Crippen LogP contribution < -0.4 is 24.8 Å². The lowest BCUT2D eigenvalue weighted by atomic mass is 9.80. The molecule has 2 amide bonds. The maximum atomic E-state index is 13.0. The van der Waals surface area contributed by atoms with E-state index in [-0.39, 0.29) is 6.03 Å². The summed E-state index contributed by atoms with van der Waals surface area (Å²) < 4.78 is 17.2. The second-order valence-corrected chi connectivity index (χ2v) is 10.2. The van der Waals surface area contributed by atoms with Crippen LogP contribution >= 0.6 is 0 Å². The Morgan fingerprint density at radius 1 is 0.833 bits per heavy atom. The van der Waals surface area contributed by atoms with Gasteiger partial charge >= 0.3 is 6.03 Å². The van der Waals surface area contributed by atoms with Crippen molar-refractivity contribution in [3.8, 4) is 29.2 Å². The number of nitrogens with zero attached hydrogens (tertiary/aromatic N) is 3. The third-order valence-corrected chi connectivity index (χ3v) is 7.81. The van der Waals surface area contributed by atoms with E-state index in [1.165, 1.54) is 6.33 Å². The summed E-state index contributed by atoms with van der Waals surface area (Å²) in [5.74, 6) is 2.03. The van der Waals surface area contributed by atoms with E-state index in [0.29, 0.717) is 45.4 Å². The van der Waals surface area contributed by atoms with Gasteiger partial charge in [0, 0.05) is 22.5 Å². The fourth-order valence-corrected chi connectivity index (χ4v) is 5.62. The second-order valence-electron chi connectivity index (χ2n) is 10.2. The van der Waals surface area contributed by atoms with Gasteiger partial charge in [-0.2, -0.15) is 5.26 Å². The van der Waals surface area contributed by atoms with Crippen LogP contribution in [0, 0.1) is 11.3 Å². The van der Waals surface area contributed by atoms with Gasteiger partial charge in [-0.1, -0.05) is 49.2 Å². The average Bonchev–Trinajstić information content (AvgIpc) is 3.52. The zero-order valence-electron chi connectivity index (χ0n) is 23.3. The zero-order valence-corrected chi connectivity index (χ0v) is 23.3. The highest BCUT2D eigenvalue weighted by Gasteiger charge is 2.35. The Morgan fingerprint density at radius 2 is 1.55 bits per heavy atom. The molecule has 5 aromatic rings. The summed E-state index contributed by atoms with van der Waals surface area (Å²) in [4.78, 5) is 21.7. The Balaban J connectivity index is 1.23. The summed E-state index contributed by atoms with van der Waals surface area (Å²) in [6.45, 7) is 0. The van der Waals surface area contributed by atoms with Gasteiger partial charge < -0.3 is 24.8 Å². The number of fused-ring (bicyclic) bond motifs is 2. The molecule has 9 heteroatoms. The lowest BCUT2D eigenvalue weighted by Gasteiger charge is -2.21. The molecule has 42 heavy (non-hydrogen) atoms. The number of rotatable bonds is 7. The predicted molar refractivity (Wildman–Crippen MR) is 162 cm³/mol. The largest absolute Gasteiger partial charge is 0.493 e. The highest BCUT2D eigenvalue weighted by molar-refractivity contribution is 6.07. The van der Waals surface area contributed by atoms with Crippen LogP contribution in [-0.4, -0.2) is 30.2 Å². The molecule has 0 saturated heterocycles. The third-order valence-electron chi connectivity index (χ3n) is 7.81. The molecule has 1 aliphatic carbocycles. The van der Waals surface area contributed by atoms with Crippen LogP contribution in [-0.2, 0) is 5.41 Å². The number of hydrogen-bond donors (Lipinski definition) is 2. The normalized spacial score (nSPS) is 13.8. The highest BCUT2D eigenvalue weighted by atomic mass is 16.5. The second kappa shape index (κ2) is 11.3. The van der Waals surface area contributed by atoms with Crippen LogP contribution in [0.25, 0.3) is 21.7 Å². The van der Waals surface area contributed by atoms with E-state index in [9.17, 15) is 10.1 Å². The molecule has 0 bridgehead atoms. The first-order valence-corrected chi connectivity index (χ1v) is 13.7. The Morgan fingerprint density at radius 3 is 2.26 bits per heavy atom. The number of hydrogen-bond acceptors (Lipinski definition) is 7. The molecule has 1 aliphatic rings. The number of carbonyl (C=O) groups excluding carboxylic acids is 1. The van der Waals surface area contributed by atoms with Crippen LogP contribution in [0.5, 0.6) is 23.1 Å². The van der Waals surface area contributed by atoms with Crippen LogP contribution in [0.3, 0.4) is 0 Å². The van der Waals surface area contributed by atoms with Crippen LogP contribution in [0.1, 0.15) is 31.2 Å². The highest BCUT2D eigenvalue weighted by Crippen LogP contribution is 2.41. The average molecular weight is 560 g/mol. The molecular weight excluding hydrogens is 530 g/mol. The lowest BCUT2D eigenvalue weighted by Crippen LogP contribution is -2.21. The number of amides is 2. The predicted octanol–water partition coefficient (Wildman–Crippen LogP) is 7.57. The molecule has 0 aliphatic heterocycles. The smallest absolute Gasteiger partial charge is 0.323 e. The minimum atomic E-state index is -0.416. The number of urea groups is 1. The zero-order chi connectivity index (χ0) is 29.1. The van der Waals surface area contributed by atoms with Gasteiger partial charge in [0.2, 0.25) is 5.88 Å². The molecule has 1 heterocycles.